The number of nitrogens with one attached hydrogen (secondary N) is 2. The van der Waals surface area contributed by atoms with Crippen molar-refractivity contribution in [2.45, 2.75) is 6.92 Å². The minimum Gasteiger partial charge on any atom is -0.391 e. The van der Waals surface area contributed by atoms with Crippen LogP contribution >= 0.6 is 0 Å². The normalized spacial score (nSPS) is 9.62. The van der Waals surface area contributed by atoms with Crippen molar-refractivity contribution in [3.05, 3.63) is 12.3 Å². The molecule has 3 heteroatoms. The van der Waals surface area contributed by atoms with E-state index in [1.54, 1.807) is 6.20 Å². The first-order valence-electron chi connectivity index (χ1n) is 2.51. The molecule has 0 radical (unpaired) electrons. The van der Waals surface area contributed by atoms with Gasteiger partial charge in [-0.25, -0.2) is 0 Å². The Hall–Kier alpha value is -0.990. The molecule has 0 aromatic rings. The molecule has 4 N–H and O–H groups in total. The molecule has 0 spiro atoms. The van der Waals surface area contributed by atoms with Crippen molar-refractivity contribution in [1.82, 2.24) is 5.32 Å². The van der Waals surface area contributed by atoms with Crippen LogP contribution in [0.3, 0.4) is 0 Å². The molecular formula is C5H11N3. The Morgan fingerprint density at radius 2 is 2.50 bits per heavy atom. The summed E-state index contributed by atoms with van der Waals surface area (Å²) in [6.45, 7) is 2.84. The van der Waals surface area contributed by atoms with Gasteiger partial charge in [0, 0.05) is 12.7 Å². The first-order valence-corrected chi connectivity index (χ1v) is 2.51. The summed E-state index contributed by atoms with van der Waals surface area (Å²) in [5, 5.41) is 9.60. The van der Waals surface area contributed by atoms with Crippen LogP contribution in [-0.4, -0.2) is 12.4 Å². The largest absolute Gasteiger partial charge is 0.391 e. The molecule has 0 aliphatic carbocycles. The molecule has 0 saturated heterocycles. The maximum atomic E-state index is 6.72. The van der Waals surface area contributed by atoms with Gasteiger partial charge in [0.15, 0.2) is 0 Å². The van der Waals surface area contributed by atoms with Crippen molar-refractivity contribution in [2.24, 2.45) is 5.73 Å². The summed E-state index contributed by atoms with van der Waals surface area (Å²) in [7, 11) is 0. The van der Waals surface area contributed by atoms with E-state index in [1.807, 2.05) is 6.92 Å². The van der Waals surface area contributed by atoms with Gasteiger partial charge >= 0.3 is 0 Å². The third kappa shape index (κ3) is 5.01. The summed E-state index contributed by atoms with van der Waals surface area (Å²) in [4.78, 5) is 0. The minimum absolute atomic E-state index is 0.0750. The molecule has 0 aromatic heterocycles. The summed E-state index contributed by atoms with van der Waals surface area (Å²) in [6.07, 6.45) is 3.16. The average Bonchev–Trinajstić information content (AvgIpc) is 1.66. The molecule has 0 saturated carbocycles. The van der Waals surface area contributed by atoms with Crippen LogP contribution in [0.5, 0.6) is 0 Å². The summed E-state index contributed by atoms with van der Waals surface area (Å²) in [5.74, 6) is 0.0750. The molecule has 0 atom stereocenters. The molecule has 0 rings (SSSR count). The highest BCUT2D eigenvalue weighted by molar-refractivity contribution is 5.88. The lowest BCUT2D eigenvalue weighted by atomic mass is 10.5. The van der Waals surface area contributed by atoms with Gasteiger partial charge in [-0.1, -0.05) is 0 Å². The number of rotatable bonds is 3. The molecular weight excluding hydrogens is 102 g/mol. The monoisotopic (exact) mass is 113 g/mol. The van der Waals surface area contributed by atoms with Crippen molar-refractivity contribution in [2.75, 3.05) is 6.54 Å². The molecule has 0 aromatic carbocycles. The van der Waals surface area contributed by atoms with E-state index in [4.69, 9.17) is 11.1 Å². The zero-order chi connectivity index (χ0) is 6.41. The highest BCUT2D eigenvalue weighted by atomic mass is 14.8. The molecule has 0 heterocycles. The van der Waals surface area contributed by atoms with Crippen LogP contribution < -0.4 is 11.1 Å². The van der Waals surface area contributed by atoms with Gasteiger partial charge in [-0.15, -0.1) is 0 Å². The lowest BCUT2D eigenvalue weighted by molar-refractivity contribution is 0.920. The SMILES string of the molecule is CCNC=CC(=N)N. The van der Waals surface area contributed by atoms with Crippen molar-refractivity contribution in [3.63, 3.8) is 0 Å². The van der Waals surface area contributed by atoms with Crippen LogP contribution in [0.15, 0.2) is 12.3 Å². The van der Waals surface area contributed by atoms with Gasteiger partial charge in [-0.05, 0) is 13.0 Å². The Kier molecular flexibility index (Phi) is 3.66. The van der Waals surface area contributed by atoms with Crippen molar-refractivity contribution < 1.29 is 0 Å². The lowest BCUT2D eigenvalue weighted by Gasteiger charge is -1.88. The van der Waals surface area contributed by atoms with Gasteiger partial charge in [-0.3, -0.25) is 5.41 Å². The Bertz CT molecular complexity index is 95.8. The standard InChI is InChI=1S/C5H11N3/c1-2-8-4-3-5(6)7/h3-4,8H,2H2,1H3,(H3,6,7). The molecule has 46 valence electrons. The second-order valence-corrected chi connectivity index (χ2v) is 1.35. The molecule has 8 heavy (non-hydrogen) atoms. The summed E-state index contributed by atoms with van der Waals surface area (Å²) < 4.78 is 0. The molecule has 0 amide bonds. The Labute approximate surface area is 49.1 Å². The maximum Gasteiger partial charge on any atom is 0.116 e. The number of hydrogen-bond acceptors (Lipinski definition) is 2. The van der Waals surface area contributed by atoms with Crippen LogP contribution in [0, 0.1) is 5.41 Å². The number of hydrogen-bond donors (Lipinski definition) is 3. The number of amidine groups is 1. The quantitative estimate of drug-likeness (QED) is 0.357. The molecule has 0 fully saturated rings. The second-order valence-electron chi connectivity index (χ2n) is 1.35. The molecule has 0 aliphatic rings. The molecule has 0 unspecified atom stereocenters. The van der Waals surface area contributed by atoms with Gasteiger partial charge in [0.05, 0.1) is 0 Å². The Balaban J connectivity index is 3.20. The third-order valence-electron chi connectivity index (χ3n) is 0.585. The van der Waals surface area contributed by atoms with Gasteiger partial charge in [0.2, 0.25) is 0 Å². The first-order chi connectivity index (χ1) is 3.77. The molecule has 3 nitrogen and oxygen atoms in total. The van der Waals surface area contributed by atoms with E-state index in [9.17, 15) is 0 Å². The Morgan fingerprint density at radius 3 is 2.88 bits per heavy atom. The van der Waals surface area contributed by atoms with Crippen molar-refractivity contribution in [3.8, 4) is 0 Å². The second kappa shape index (κ2) is 4.18. The van der Waals surface area contributed by atoms with E-state index < -0.39 is 0 Å². The fourth-order valence-electron chi connectivity index (χ4n) is 0.267. The van der Waals surface area contributed by atoms with Gasteiger partial charge in [0.25, 0.3) is 0 Å². The summed E-state index contributed by atoms with van der Waals surface area (Å²) in [5.41, 5.74) is 4.99. The van der Waals surface area contributed by atoms with Gasteiger partial charge < -0.3 is 11.1 Å². The average molecular weight is 113 g/mol. The highest BCUT2D eigenvalue weighted by Crippen LogP contribution is 1.63. The maximum absolute atomic E-state index is 6.72. The van der Waals surface area contributed by atoms with Crippen LogP contribution in [0.1, 0.15) is 6.92 Å². The van der Waals surface area contributed by atoms with Crippen molar-refractivity contribution in [1.29, 1.82) is 5.41 Å². The van der Waals surface area contributed by atoms with Crippen LogP contribution in [0.25, 0.3) is 0 Å². The minimum atomic E-state index is 0.0750. The predicted molar refractivity (Wildman–Crippen MR) is 34.7 cm³/mol. The van der Waals surface area contributed by atoms with E-state index in [2.05, 4.69) is 5.32 Å². The highest BCUT2D eigenvalue weighted by Gasteiger charge is 1.71. The smallest absolute Gasteiger partial charge is 0.116 e. The summed E-state index contributed by atoms with van der Waals surface area (Å²) >= 11 is 0. The van der Waals surface area contributed by atoms with Crippen molar-refractivity contribution >= 4 is 5.84 Å². The zero-order valence-electron chi connectivity index (χ0n) is 4.94. The number of nitrogens with two attached hydrogens (primary N) is 1. The van der Waals surface area contributed by atoms with E-state index in [-0.39, 0.29) is 5.84 Å². The van der Waals surface area contributed by atoms with Gasteiger partial charge in [0.1, 0.15) is 5.84 Å². The Morgan fingerprint density at radius 1 is 1.88 bits per heavy atom. The van der Waals surface area contributed by atoms with E-state index in [1.165, 1.54) is 6.08 Å². The van der Waals surface area contributed by atoms with E-state index in [0.717, 1.165) is 6.54 Å². The van der Waals surface area contributed by atoms with E-state index >= 15 is 0 Å². The third-order valence-corrected chi connectivity index (χ3v) is 0.585. The fourth-order valence-corrected chi connectivity index (χ4v) is 0.267. The fraction of sp³-hybridized carbons (Fsp3) is 0.400. The molecule has 0 bridgehead atoms. The summed E-state index contributed by atoms with van der Waals surface area (Å²) in [6, 6.07) is 0. The lowest BCUT2D eigenvalue weighted by Crippen LogP contribution is -2.08. The topological polar surface area (TPSA) is 61.9 Å². The van der Waals surface area contributed by atoms with Crippen LogP contribution in [-0.2, 0) is 0 Å². The van der Waals surface area contributed by atoms with E-state index in [0.29, 0.717) is 0 Å². The predicted octanol–water partition coefficient (Wildman–Crippen LogP) is 0.0456. The van der Waals surface area contributed by atoms with Crippen LogP contribution in [0.2, 0.25) is 0 Å². The van der Waals surface area contributed by atoms with Crippen LogP contribution in [0.4, 0.5) is 0 Å². The van der Waals surface area contributed by atoms with Gasteiger partial charge in [-0.2, -0.15) is 0 Å². The zero-order valence-corrected chi connectivity index (χ0v) is 4.94. The first kappa shape index (κ1) is 7.01. The molecule has 0 aliphatic heterocycles.